The van der Waals surface area contributed by atoms with Gasteiger partial charge < -0.3 is 10.1 Å². The Balaban J connectivity index is 1.33. The minimum absolute atomic E-state index is 0.133. The van der Waals surface area contributed by atoms with Gasteiger partial charge >= 0.3 is 0 Å². The number of hydrogen-bond acceptors (Lipinski definition) is 6. The van der Waals surface area contributed by atoms with E-state index >= 15 is 0 Å². The van der Waals surface area contributed by atoms with Gasteiger partial charge in [-0.2, -0.15) is 0 Å². The molecule has 2 aliphatic carbocycles. The maximum absolute atomic E-state index is 12.9. The van der Waals surface area contributed by atoms with Gasteiger partial charge in [0.2, 0.25) is 11.8 Å². The second kappa shape index (κ2) is 7.30. The van der Waals surface area contributed by atoms with Crippen molar-refractivity contribution in [3.63, 3.8) is 0 Å². The van der Waals surface area contributed by atoms with Gasteiger partial charge in [0, 0.05) is 11.6 Å². The third-order valence-electron chi connectivity index (χ3n) is 6.50. The van der Waals surface area contributed by atoms with Crippen molar-refractivity contribution in [1.29, 1.82) is 0 Å². The molecule has 1 saturated carbocycles. The van der Waals surface area contributed by atoms with Crippen LogP contribution in [0.1, 0.15) is 16.8 Å². The van der Waals surface area contributed by atoms with Crippen LogP contribution in [0.25, 0.3) is 0 Å². The molecule has 5 rings (SSSR count). The summed E-state index contributed by atoms with van der Waals surface area (Å²) < 4.78 is 5.14. The van der Waals surface area contributed by atoms with Crippen LogP contribution in [0.2, 0.25) is 0 Å². The lowest BCUT2D eigenvalue weighted by Crippen LogP contribution is -2.32. The molecular weight excluding hydrogens is 414 g/mol. The summed E-state index contributed by atoms with van der Waals surface area (Å²) in [6.45, 7) is 0. The van der Waals surface area contributed by atoms with E-state index in [4.69, 9.17) is 4.74 Å². The summed E-state index contributed by atoms with van der Waals surface area (Å²) in [5, 5.41) is 13.6. The van der Waals surface area contributed by atoms with E-state index in [9.17, 15) is 24.5 Å². The first-order valence-electron chi connectivity index (χ1n) is 10.2. The summed E-state index contributed by atoms with van der Waals surface area (Å²) in [7, 11) is 1.35. The average Bonchev–Trinajstić information content (AvgIpc) is 3.47. The summed E-state index contributed by atoms with van der Waals surface area (Å²) in [6, 6.07) is 10.1. The number of imide groups is 1. The Morgan fingerprint density at radius 2 is 1.69 bits per heavy atom. The van der Waals surface area contributed by atoms with Crippen molar-refractivity contribution >= 4 is 34.8 Å². The molecular formula is C23H19N3O6. The molecule has 1 aliphatic heterocycles. The van der Waals surface area contributed by atoms with Crippen LogP contribution in [0, 0.1) is 33.8 Å². The molecule has 1 saturated heterocycles. The minimum atomic E-state index is -0.552. The molecule has 1 heterocycles. The highest BCUT2D eigenvalue weighted by atomic mass is 16.6. The standard InChI is InChI=1S/C23H19N3O6/c1-32-18-11-16(26(30)31)8-9-17(18)24-21(27)12-4-6-15(7-5-12)25-22(28)19-13-2-3-14(10-13)20(19)23(25)29/h2-9,11,13-14,19-20H,10H2,1H3,(H,24,27)/t13-,14-,19-,20-/m0/s1. The van der Waals surface area contributed by atoms with Crippen molar-refractivity contribution in [2.75, 3.05) is 17.3 Å². The number of nitrogens with one attached hydrogen (secondary N) is 1. The maximum atomic E-state index is 12.9. The van der Waals surface area contributed by atoms with E-state index in [2.05, 4.69) is 5.32 Å². The molecule has 0 unspecified atom stereocenters. The van der Waals surface area contributed by atoms with Gasteiger partial charge in [-0.05, 0) is 48.6 Å². The van der Waals surface area contributed by atoms with Crippen LogP contribution < -0.4 is 15.0 Å². The highest BCUT2D eigenvalue weighted by Gasteiger charge is 2.59. The second-order valence-corrected chi connectivity index (χ2v) is 8.15. The van der Waals surface area contributed by atoms with Gasteiger partial charge in [-0.15, -0.1) is 0 Å². The Morgan fingerprint density at radius 3 is 2.25 bits per heavy atom. The van der Waals surface area contributed by atoms with Crippen LogP contribution in [-0.4, -0.2) is 29.8 Å². The number of benzene rings is 2. The molecule has 32 heavy (non-hydrogen) atoms. The highest BCUT2D eigenvalue weighted by Crippen LogP contribution is 2.53. The molecule has 0 aromatic heterocycles. The van der Waals surface area contributed by atoms with Crippen LogP contribution in [0.3, 0.4) is 0 Å². The lowest BCUT2D eigenvalue weighted by Gasteiger charge is -2.17. The van der Waals surface area contributed by atoms with Crippen molar-refractivity contribution in [2.24, 2.45) is 23.7 Å². The van der Waals surface area contributed by atoms with Gasteiger partial charge in [0.1, 0.15) is 5.75 Å². The van der Waals surface area contributed by atoms with Gasteiger partial charge in [0.25, 0.3) is 11.6 Å². The summed E-state index contributed by atoms with van der Waals surface area (Å²) in [4.78, 5) is 50.1. The van der Waals surface area contributed by atoms with E-state index < -0.39 is 10.8 Å². The number of rotatable bonds is 5. The highest BCUT2D eigenvalue weighted by molar-refractivity contribution is 6.23. The molecule has 2 fully saturated rings. The van der Waals surface area contributed by atoms with E-state index in [1.165, 1.54) is 42.3 Å². The lowest BCUT2D eigenvalue weighted by molar-refractivity contribution is -0.384. The Bertz CT molecular complexity index is 1160. The predicted octanol–water partition coefficient (Wildman–Crippen LogP) is 3.17. The number of fused-ring (bicyclic) bond motifs is 5. The van der Waals surface area contributed by atoms with Crippen molar-refractivity contribution in [3.05, 3.63) is 70.3 Å². The first-order valence-corrected chi connectivity index (χ1v) is 10.2. The number of nitro benzene ring substituents is 1. The number of nitro groups is 1. The molecule has 9 nitrogen and oxygen atoms in total. The van der Waals surface area contributed by atoms with Crippen LogP contribution >= 0.6 is 0 Å². The first-order chi connectivity index (χ1) is 15.4. The van der Waals surface area contributed by atoms with E-state index in [0.717, 1.165) is 6.42 Å². The molecule has 2 aromatic rings. The van der Waals surface area contributed by atoms with Gasteiger partial charge in [0.05, 0.1) is 41.3 Å². The maximum Gasteiger partial charge on any atom is 0.273 e. The fraction of sp³-hybridized carbons (Fsp3) is 0.261. The molecule has 9 heteroatoms. The van der Waals surface area contributed by atoms with E-state index in [1.807, 2.05) is 12.2 Å². The molecule has 4 atom stereocenters. The Hall–Kier alpha value is -4.01. The first kappa shape index (κ1) is 19.9. The largest absolute Gasteiger partial charge is 0.494 e. The number of allylic oxidation sites excluding steroid dienone is 2. The smallest absolute Gasteiger partial charge is 0.273 e. The van der Waals surface area contributed by atoms with Crippen molar-refractivity contribution < 1.29 is 24.0 Å². The topological polar surface area (TPSA) is 119 Å². The van der Waals surface area contributed by atoms with Crippen LogP contribution in [0.5, 0.6) is 5.75 Å². The van der Waals surface area contributed by atoms with E-state index in [-0.39, 0.29) is 52.6 Å². The van der Waals surface area contributed by atoms with Crippen LogP contribution in [-0.2, 0) is 9.59 Å². The average molecular weight is 433 g/mol. The summed E-state index contributed by atoms with van der Waals surface area (Å²) in [5.41, 5.74) is 0.874. The van der Waals surface area contributed by atoms with Gasteiger partial charge in [-0.3, -0.25) is 29.4 Å². The number of carbonyl (C=O) groups excluding carboxylic acids is 3. The molecule has 1 N–H and O–H groups in total. The molecule has 0 radical (unpaired) electrons. The lowest BCUT2D eigenvalue weighted by atomic mass is 9.85. The zero-order chi connectivity index (χ0) is 22.6. The predicted molar refractivity (Wildman–Crippen MR) is 114 cm³/mol. The third kappa shape index (κ3) is 2.96. The number of hydrogen-bond donors (Lipinski definition) is 1. The van der Waals surface area contributed by atoms with Gasteiger partial charge in [-0.1, -0.05) is 12.2 Å². The molecule has 162 valence electrons. The van der Waals surface area contributed by atoms with E-state index in [1.54, 1.807) is 12.1 Å². The van der Waals surface area contributed by atoms with Gasteiger partial charge in [0.15, 0.2) is 0 Å². The molecule has 2 aromatic carbocycles. The van der Waals surface area contributed by atoms with Crippen LogP contribution in [0.4, 0.5) is 17.1 Å². The summed E-state index contributed by atoms with van der Waals surface area (Å²) >= 11 is 0. The number of non-ortho nitro benzene ring substituents is 1. The molecule has 3 aliphatic rings. The zero-order valence-electron chi connectivity index (χ0n) is 17.1. The third-order valence-corrected chi connectivity index (χ3v) is 6.50. The quantitative estimate of drug-likeness (QED) is 0.335. The number of methoxy groups -OCH3 is 1. The number of ether oxygens (including phenoxy) is 1. The van der Waals surface area contributed by atoms with Crippen molar-refractivity contribution in [1.82, 2.24) is 0 Å². The summed E-state index contributed by atoms with van der Waals surface area (Å²) in [6.07, 6.45) is 4.95. The second-order valence-electron chi connectivity index (χ2n) is 8.15. The number of carbonyl (C=O) groups is 3. The van der Waals surface area contributed by atoms with Crippen LogP contribution in [0.15, 0.2) is 54.6 Å². The molecule has 0 spiro atoms. The van der Waals surface area contributed by atoms with E-state index in [0.29, 0.717) is 11.3 Å². The molecule has 3 amide bonds. The normalized spacial score (nSPS) is 25.2. The Morgan fingerprint density at radius 1 is 1.06 bits per heavy atom. The number of amides is 3. The van der Waals surface area contributed by atoms with Gasteiger partial charge in [-0.25, -0.2) is 0 Å². The zero-order valence-corrected chi connectivity index (χ0v) is 17.1. The van der Waals surface area contributed by atoms with Crippen molar-refractivity contribution in [2.45, 2.75) is 6.42 Å². The number of anilines is 2. The molecule has 2 bridgehead atoms. The van der Waals surface area contributed by atoms with Crippen molar-refractivity contribution in [3.8, 4) is 5.75 Å². The monoisotopic (exact) mass is 433 g/mol. The summed E-state index contributed by atoms with van der Waals surface area (Å²) in [5.74, 6) is -0.949. The Labute approximate surface area is 182 Å². The number of nitrogens with zero attached hydrogens (tertiary/aromatic N) is 2. The minimum Gasteiger partial charge on any atom is -0.494 e. The fourth-order valence-electron chi connectivity index (χ4n) is 5.01. The SMILES string of the molecule is COc1cc([N+](=O)[O-])ccc1NC(=O)c1ccc(N2C(=O)[C@@H]3[C@@H](C2=O)[C@H]2C=C[C@H]3C2)cc1. The fourth-order valence-corrected chi connectivity index (χ4v) is 5.01. The Kier molecular flexibility index (Phi) is 4.54.